The maximum atomic E-state index is 2.66. The summed E-state index contributed by atoms with van der Waals surface area (Å²) >= 11 is 0. The molecule has 1 aliphatic rings. The molecule has 1 fully saturated rings. The first-order chi connectivity index (χ1) is 5.24. The summed E-state index contributed by atoms with van der Waals surface area (Å²) in [5, 5.41) is 0. The van der Waals surface area contributed by atoms with Crippen molar-refractivity contribution in [3.63, 3.8) is 0 Å². The van der Waals surface area contributed by atoms with E-state index in [0.29, 0.717) is 0 Å². The van der Waals surface area contributed by atoms with E-state index in [1.54, 1.807) is 0 Å². The zero-order valence-electron chi connectivity index (χ0n) is 8.14. The minimum atomic E-state index is 0.835. The summed E-state index contributed by atoms with van der Waals surface area (Å²) in [6.07, 6.45) is 4.20. The van der Waals surface area contributed by atoms with Crippen molar-refractivity contribution in [2.24, 2.45) is 5.92 Å². The molecular weight excluding hydrogens is 134 g/mol. The van der Waals surface area contributed by atoms with Gasteiger partial charge >= 0.3 is 0 Å². The highest BCUT2D eigenvalue weighted by Gasteiger charge is 2.22. The fraction of sp³-hybridized carbons (Fsp3) is 1.00. The molecule has 0 aliphatic carbocycles. The Labute approximate surface area is 70.8 Å². The van der Waals surface area contributed by atoms with Crippen molar-refractivity contribution in [3.8, 4) is 0 Å². The van der Waals surface area contributed by atoms with E-state index >= 15 is 0 Å². The van der Waals surface area contributed by atoms with Crippen molar-refractivity contribution in [2.45, 2.75) is 46.1 Å². The van der Waals surface area contributed by atoms with Crippen molar-refractivity contribution in [1.82, 2.24) is 4.90 Å². The molecule has 0 radical (unpaired) electrons. The topological polar surface area (TPSA) is 3.24 Å². The predicted octanol–water partition coefficient (Wildman–Crippen LogP) is 2.52. The van der Waals surface area contributed by atoms with Crippen LogP contribution in [0.5, 0.6) is 0 Å². The van der Waals surface area contributed by atoms with E-state index in [-0.39, 0.29) is 0 Å². The Bertz CT molecular complexity index is 109. The average molecular weight is 155 g/mol. The molecule has 0 aromatic rings. The Morgan fingerprint density at radius 1 is 1.45 bits per heavy atom. The van der Waals surface area contributed by atoms with Crippen LogP contribution in [0.25, 0.3) is 0 Å². The van der Waals surface area contributed by atoms with Crippen molar-refractivity contribution in [1.29, 1.82) is 0 Å². The molecule has 0 aromatic heterocycles. The van der Waals surface area contributed by atoms with Crippen LogP contribution in [0, 0.1) is 5.92 Å². The second kappa shape index (κ2) is 4.10. The molecule has 1 atom stereocenters. The molecule has 1 nitrogen and oxygen atoms in total. The maximum absolute atomic E-state index is 2.66. The smallest absolute Gasteiger partial charge is 0.00932 e. The van der Waals surface area contributed by atoms with Gasteiger partial charge in [0, 0.05) is 12.6 Å². The lowest BCUT2D eigenvalue weighted by Gasteiger charge is -2.24. The van der Waals surface area contributed by atoms with Crippen molar-refractivity contribution in [3.05, 3.63) is 0 Å². The lowest BCUT2D eigenvalue weighted by Crippen LogP contribution is -2.32. The first kappa shape index (κ1) is 9.05. The third kappa shape index (κ3) is 2.48. The molecule has 1 saturated heterocycles. The Hall–Kier alpha value is -0.0400. The summed E-state index contributed by atoms with van der Waals surface area (Å²) in [5.41, 5.74) is 0. The van der Waals surface area contributed by atoms with E-state index in [1.807, 2.05) is 0 Å². The van der Waals surface area contributed by atoms with Crippen LogP contribution >= 0.6 is 0 Å². The molecule has 1 heterocycles. The summed E-state index contributed by atoms with van der Waals surface area (Å²) in [6, 6.07) is 0.900. The molecule has 0 amide bonds. The summed E-state index contributed by atoms with van der Waals surface area (Å²) in [5.74, 6) is 0.835. The Kier molecular flexibility index (Phi) is 3.38. The minimum Gasteiger partial charge on any atom is -0.300 e. The number of hydrogen-bond acceptors (Lipinski definition) is 1. The van der Waals surface area contributed by atoms with Crippen molar-refractivity contribution in [2.75, 3.05) is 13.1 Å². The van der Waals surface area contributed by atoms with Crippen LogP contribution in [0.4, 0.5) is 0 Å². The lowest BCUT2D eigenvalue weighted by atomic mass is 10.1. The lowest BCUT2D eigenvalue weighted by molar-refractivity contribution is 0.222. The fourth-order valence-corrected chi connectivity index (χ4v) is 2.07. The second-order valence-corrected chi connectivity index (χ2v) is 4.09. The van der Waals surface area contributed by atoms with Gasteiger partial charge in [-0.15, -0.1) is 0 Å². The molecule has 0 saturated carbocycles. The van der Waals surface area contributed by atoms with Crippen LogP contribution in [0.1, 0.15) is 40.0 Å². The fourth-order valence-electron chi connectivity index (χ4n) is 2.07. The summed E-state index contributed by atoms with van der Waals surface area (Å²) < 4.78 is 0. The number of likely N-dealkylation sites (tertiary alicyclic amines) is 1. The zero-order chi connectivity index (χ0) is 8.27. The van der Waals surface area contributed by atoms with Gasteiger partial charge in [0.15, 0.2) is 0 Å². The van der Waals surface area contributed by atoms with Gasteiger partial charge in [0.05, 0.1) is 0 Å². The molecule has 0 unspecified atom stereocenters. The molecule has 0 N–H and O–H groups in total. The number of hydrogen-bond donors (Lipinski definition) is 0. The van der Waals surface area contributed by atoms with Crippen LogP contribution in [0.15, 0.2) is 0 Å². The van der Waals surface area contributed by atoms with E-state index in [2.05, 4.69) is 25.7 Å². The summed E-state index contributed by atoms with van der Waals surface area (Å²) in [4.78, 5) is 2.66. The van der Waals surface area contributed by atoms with Gasteiger partial charge in [-0.25, -0.2) is 0 Å². The largest absolute Gasteiger partial charge is 0.300 e. The van der Waals surface area contributed by atoms with Crippen LogP contribution in [-0.2, 0) is 0 Å². The predicted molar refractivity (Wildman–Crippen MR) is 49.7 cm³/mol. The Morgan fingerprint density at radius 2 is 2.18 bits per heavy atom. The van der Waals surface area contributed by atoms with Crippen LogP contribution < -0.4 is 0 Å². The standard InChI is InChI=1S/C10H21N/c1-4-10-6-5-7-11(10)8-9(2)3/h9-10H,4-8H2,1-3H3/t10-/m1/s1. The van der Waals surface area contributed by atoms with E-state index in [4.69, 9.17) is 0 Å². The first-order valence-corrected chi connectivity index (χ1v) is 4.98. The van der Waals surface area contributed by atoms with Gasteiger partial charge in [-0.1, -0.05) is 20.8 Å². The first-order valence-electron chi connectivity index (χ1n) is 4.98. The third-order valence-corrected chi connectivity index (χ3v) is 2.57. The van der Waals surface area contributed by atoms with Gasteiger partial charge in [0.1, 0.15) is 0 Å². The normalized spacial score (nSPS) is 26.7. The van der Waals surface area contributed by atoms with E-state index in [0.717, 1.165) is 12.0 Å². The van der Waals surface area contributed by atoms with E-state index in [9.17, 15) is 0 Å². The van der Waals surface area contributed by atoms with Crippen LogP contribution in [0.2, 0.25) is 0 Å². The third-order valence-electron chi connectivity index (χ3n) is 2.57. The second-order valence-electron chi connectivity index (χ2n) is 4.09. The highest BCUT2D eigenvalue weighted by atomic mass is 15.2. The van der Waals surface area contributed by atoms with Gasteiger partial charge in [-0.05, 0) is 31.7 Å². The number of rotatable bonds is 3. The molecular formula is C10H21N. The molecule has 1 rings (SSSR count). The molecule has 11 heavy (non-hydrogen) atoms. The maximum Gasteiger partial charge on any atom is 0.00932 e. The highest BCUT2D eigenvalue weighted by Crippen LogP contribution is 2.20. The number of nitrogens with zero attached hydrogens (tertiary/aromatic N) is 1. The molecule has 0 aromatic carbocycles. The highest BCUT2D eigenvalue weighted by molar-refractivity contribution is 4.78. The summed E-state index contributed by atoms with van der Waals surface area (Å²) in [7, 11) is 0. The van der Waals surface area contributed by atoms with Gasteiger partial charge in [0.25, 0.3) is 0 Å². The van der Waals surface area contributed by atoms with Crippen LogP contribution in [0.3, 0.4) is 0 Å². The quantitative estimate of drug-likeness (QED) is 0.605. The van der Waals surface area contributed by atoms with Gasteiger partial charge < -0.3 is 4.90 Å². The van der Waals surface area contributed by atoms with Gasteiger partial charge in [-0.3, -0.25) is 0 Å². The van der Waals surface area contributed by atoms with Crippen LogP contribution in [-0.4, -0.2) is 24.0 Å². The monoisotopic (exact) mass is 155 g/mol. The molecule has 1 heteroatoms. The molecule has 0 spiro atoms. The minimum absolute atomic E-state index is 0.835. The Morgan fingerprint density at radius 3 is 2.73 bits per heavy atom. The molecule has 66 valence electrons. The summed E-state index contributed by atoms with van der Waals surface area (Å²) in [6.45, 7) is 9.58. The van der Waals surface area contributed by atoms with Gasteiger partial charge in [0.2, 0.25) is 0 Å². The Balaban J connectivity index is 2.31. The van der Waals surface area contributed by atoms with Gasteiger partial charge in [-0.2, -0.15) is 0 Å². The molecule has 0 bridgehead atoms. The van der Waals surface area contributed by atoms with Crippen molar-refractivity contribution >= 4 is 0 Å². The van der Waals surface area contributed by atoms with Crippen molar-refractivity contribution < 1.29 is 0 Å². The van der Waals surface area contributed by atoms with E-state index < -0.39 is 0 Å². The van der Waals surface area contributed by atoms with E-state index in [1.165, 1.54) is 32.4 Å². The zero-order valence-corrected chi connectivity index (χ0v) is 8.14. The average Bonchev–Trinajstić information content (AvgIpc) is 2.34. The molecule has 1 aliphatic heterocycles. The SMILES string of the molecule is CC[C@@H]1CCCN1CC(C)C.